The van der Waals surface area contributed by atoms with Crippen molar-refractivity contribution in [3.05, 3.63) is 35.4 Å². The Balaban J connectivity index is 1.68. The Kier molecular flexibility index (Phi) is 3.48. The summed E-state index contributed by atoms with van der Waals surface area (Å²) in [6.07, 6.45) is 1.55. The van der Waals surface area contributed by atoms with Crippen molar-refractivity contribution >= 4 is 23.9 Å². The van der Waals surface area contributed by atoms with Crippen molar-refractivity contribution in [3.8, 4) is 0 Å². The van der Waals surface area contributed by atoms with E-state index in [-0.39, 0.29) is 24.7 Å². The number of cyclic esters (lactones) is 4. The predicted molar refractivity (Wildman–Crippen MR) is 79.6 cm³/mol. The molecule has 6 nitrogen and oxygen atoms in total. The number of rotatable bonds is 2. The van der Waals surface area contributed by atoms with Gasteiger partial charge in [-0.25, -0.2) is 0 Å². The Hall–Kier alpha value is -2.50. The second-order valence-electron chi connectivity index (χ2n) is 6.63. The van der Waals surface area contributed by atoms with E-state index in [1.807, 2.05) is 24.3 Å². The molecule has 2 heterocycles. The van der Waals surface area contributed by atoms with Crippen molar-refractivity contribution in [3.63, 3.8) is 0 Å². The first kappa shape index (κ1) is 15.1. The molecule has 2 saturated heterocycles. The molecule has 1 aromatic rings. The van der Waals surface area contributed by atoms with E-state index in [0.29, 0.717) is 12.8 Å². The lowest BCUT2D eigenvalue weighted by Crippen LogP contribution is -2.28. The molecule has 4 unspecified atom stereocenters. The molecule has 0 N–H and O–H groups in total. The normalized spacial score (nSPS) is 32.5. The van der Waals surface area contributed by atoms with E-state index in [2.05, 4.69) is 0 Å². The summed E-state index contributed by atoms with van der Waals surface area (Å²) in [6, 6.07) is 7.64. The Morgan fingerprint density at radius 3 is 1.42 bits per heavy atom. The lowest BCUT2D eigenvalue weighted by Gasteiger charge is -2.34. The molecule has 1 aromatic carbocycles. The summed E-state index contributed by atoms with van der Waals surface area (Å²) in [7, 11) is 0. The monoisotopic (exact) mass is 328 g/mol. The lowest BCUT2D eigenvalue weighted by molar-refractivity contribution is -0.155. The quantitative estimate of drug-likeness (QED) is 0.608. The highest BCUT2D eigenvalue weighted by Gasteiger charge is 2.46. The predicted octanol–water partition coefficient (Wildman–Crippen LogP) is 1.83. The van der Waals surface area contributed by atoms with E-state index in [1.165, 1.54) is 0 Å². The molecule has 2 fully saturated rings. The fraction of sp³-hybridized carbons (Fsp3) is 0.444. The van der Waals surface area contributed by atoms with Gasteiger partial charge in [-0.05, 0) is 35.8 Å². The topological polar surface area (TPSA) is 86.7 Å². The van der Waals surface area contributed by atoms with Crippen molar-refractivity contribution in [2.45, 2.75) is 37.5 Å². The number of esters is 4. The van der Waals surface area contributed by atoms with Crippen molar-refractivity contribution < 1.29 is 28.7 Å². The highest BCUT2D eigenvalue weighted by Crippen LogP contribution is 2.48. The molecule has 4 rings (SSSR count). The Morgan fingerprint density at radius 2 is 1.08 bits per heavy atom. The van der Waals surface area contributed by atoms with Crippen LogP contribution in [0.25, 0.3) is 0 Å². The Labute approximate surface area is 138 Å². The van der Waals surface area contributed by atoms with Gasteiger partial charge in [0.1, 0.15) is 0 Å². The fourth-order valence-corrected chi connectivity index (χ4v) is 4.29. The maximum absolute atomic E-state index is 12.0. The van der Waals surface area contributed by atoms with Crippen LogP contribution in [-0.4, -0.2) is 23.9 Å². The number of fused-ring (bicyclic) bond motifs is 1. The second kappa shape index (κ2) is 5.54. The highest BCUT2D eigenvalue weighted by molar-refractivity contribution is 5.96. The fourth-order valence-electron chi connectivity index (χ4n) is 4.29. The van der Waals surface area contributed by atoms with Gasteiger partial charge in [0.25, 0.3) is 0 Å². The van der Waals surface area contributed by atoms with E-state index in [4.69, 9.17) is 9.47 Å². The van der Waals surface area contributed by atoms with Crippen LogP contribution in [0.15, 0.2) is 24.3 Å². The minimum Gasteiger partial charge on any atom is -0.393 e. The van der Waals surface area contributed by atoms with Gasteiger partial charge in [0.05, 0.1) is 24.7 Å². The van der Waals surface area contributed by atoms with Gasteiger partial charge in [-0.15, -0.1) is 0 Å². The highest BCUT2D eigenvalue weighted by atomic mass is 16.6. The van der Waals surface area contributed by atoms with Crippen LogP contribution < -0.4 is 0 Å². The van der Waals surface area contributed by atoms with E-state index in [9.17, 15) is 19.2 Å². The van der Waals surface area contributed by atoms with Crippen LogP contribution in [0.4, 0.5) is 0 Å². The minimum absolute atomic E-state index is 0.0930. The molecule has 2 aliphatic heterocycles. The van der Waals surface area contributed by atoms with Gasteiger partial charge in [0, 0.05) is 0 Å². The van der Waals surface area contributed by atoms with E-state index >= 15 is 0 Å². The molecule has 124 valence electrons. The van der Waals surface area contributed by atoms with Crippen LogP contribution in [0.3, 0.4) is 0 Å². The molecule has 0 aromatic heterocycles. The maximum atomic E-state index is 12.0. The first-order valence-electron chi connectivity index (χ1n) is 8.12. The smallest absolute Gasteiger partial charge is 0.317 e. The third kappa shape index (κ3) is 2.33. The molecule has 24 heavy (non-hydrogen) atoms. The number of carbonyl (C=O) groups is 4. The molecular formula is C18H16O6. The maximum Gasteiger partial charge on any atom is 0.317 e. The van der Waals surface area contributed by atoms with Gasteiger partial charge in [-0.2, -0.15) is 0 Å². The van der Waals surface area contributed by atoms with E-state index in [0.717, 1.165) is 11.1 Å². The SMILES string of the molecule is O=C1CC(C2CCC(C3CC(=O)OC3=O)c3ccccc32)C(=O)O1. The molecular weight excluding hydrogens is 312 g/mol. The molecule has 3 aliphatic rings. The van der Waals surface area contributed by atoms with Crippen LogP contribution in [0.1, 0.15) is 48.6 Å². The summed E-state index contributed by atoms with van der Waals surface area (Å²) in [5.41, 5.74) is 1.94. The van der Waals surface area contributed by atoms with Gasteiger partial charge < -0.3 is 9.47 Å². The van der Waals surface area contributed by atoms with Crippen molar-refractivity contribution in [1.29, 1.82) is 0 Å². The number of carbonyl (C=O) groups excluding carboxylic acids is 4. The summed E-state index contributed by atoms with van der Waals surface area (Å²) in [5.74, 6) is -2.99. The van der Waals surface area contributed by atoms with Crippen LogP contribution in [-0.2, 0) is 28.7 Å². The summed E-state index contributed by atoms with van der Waals surface area (Å²) in [5, 5.41) is 0. The lowest BCUT2D eigenvalue weighted by atomic mass is 9.67. The van der Waals surface area contributed by atoms with Crippen LogP contribution >= 0.6 is 0 Å². The molecule has 1 aliphatic carbocycles. The van der Waals surface area contributed by atoms with Crippen LogP contribution in [0.5, 0.6) is 0 Å². The third-order valence-corrected chi connectivity index (χ3v) is 5.36. The number of hydrogen-bond donors (Lipinski definition) is 0. The van der Waals surface area contributed by atoms with Crippen LogP contribution in [0.2, 0.25) is 0 Å². The largest absolute Gasteiger partial charge is 0.393 e. The Bertz CT molecular complexity index is 689. The molecule has 0 radical (unpaired) electrons. The minimum atomic E-state index is -0.477. The summed E-state index contributed by atoms with van der Waals surface area (Å²) >= 11 is 0. The van der Waals surface area contributed by atoms with Crippen molar-refractivity contribution in [1.82, 2.24) is 0 Å². The zero-order chi connectivity index (χ0) is 16.8. The average Bonchev–Trinajstić information content (AvgIpc) is 3.07. The third-order valence-electron chi connectivity index (χ3n) is 5.36. The molecule has 6 heteroatoms. The first-order chi connectivity index (χ1) is 11.5. The standard InChI is InChI=1S/C18H16O6/c19-15-7-13(17(21)23-15)11-5-6-12(10-4-2-1-3-9(10)11)14-8-16(20)24-18(14)22/h1-4,11-14H,5-8H2. The van der Waals surface area contributed by atoms with Gasteiger partial charge >= 0.3 is 23.9 Å². The molecule has 0 saturated carbocycles. The molecule has 0 spiro atoms. The number of ether oxygens (including phenoxy) is 2. The van der Waals surface area contributed by atoms with Crippen molar-refractivity contribution in [2.24, 2.45) is 11.8 Å². The van der Waals surface area contributed by atoms with Gasteiger partial charge in [-0.1, -0.05) is 24.3 Å². The molecule has 4 atom stereocenters. The average molecular weight is 328 g/mol. The van der Waals surface area contributed by atoms with Crippen molar-refractivity contribution in [2.75, 3.05) is 0 Å². The summed E-state index contributed by atoms with van der Waals surface area (Å²) in [4.78, 5) is 46.8. The number of benzene rings is 1. The van der Waals surface area contributed by atoms with Gasteiger partial charge in [-0.3, -0.25) is 19.2 Å². The second-order valence-corrected chi connectivity index (χ2v) is 6.63. The summed E-state index contributed by atoms with van der Waals surface area (Å²) in [6.45, 7) is 0. The van der Waals surface area contributed by atoms with E-state index < -0.39 is 35.7 Å². The van der Waals surface area contributed by atoms with Crippen LogP contribution in [0, 0.1) is 11.8 Å². The Morgan fingerprint density at radius 1 is 0.667 bits per heavy atom. The molecule has 0 bridgehead atoms. The van der Waals surface area contributed by atoms with E-state index in [1.54, 1.807) is 0 Å². The molecule has 0 amide bonds. The van der Waals surface area contributed by atoms with Gasteiger partial charge in [0.15, 0.2) is 0 Å². The zero-order valence-electron chi connectivity index (χ0n) is 12.9. The van der Waals surface area contributed by atoms with Gasteiger partial charge in [0.2, 0.25) is 0 Å². The number of hydrogen-bond acceptors (Lipinski definition) is 6. The first-order valence-corrected chi connectivity index (χ1v) is 8.12. The summed E-state index contributed by atoms with van der Waals surface area (Å²) < 4.78 is 9.41. The zero-order valence-corrected chi connectivity index (χ0v) is 12.9.